The van der Waals surface area contributed by atoms with Crippen LogP contribution in [-0.2, 0) is 4.74 Å². The van der Waals surface area contributed by atoms with Crippen LogP contribution in [-0.4, -0.2) is 37.7 Å². The Morgan fingerprint density at radius 2 is 1.92 bits per heavy atom. The van der Waals surface area contributed by atoms with Crippen molar-refractivity contribution in [1.29, 1.82) is 0 Å². The first-order chi connectivity index (χ1) is 12.3. The third kappa shape index (κ3) is 6.20. The zero-order chi connectivity index (χ0) is 19.7. The Bertz CT molecular complexity index is 616. The molecule has 1 aromatic rings. The van der Waals surface area contributed by atoms with Gasteiger partial charge in [0.25, 0.3) is 5.69 Å². The number of nitro benzene ring substituents is 1. The molecular weight excluding hydrogens is 336 g/mol. The number of carbonyl (C=O) groups is 1. The van der Waals surface area contributed by atoms with E-state index in [2.05, 4.69) is 6.92 Å². The number of nitrogens with zero attached hydrogens (tertiary/aromatic N) is 2. The molecular formula is C19H30N2O5. The van der Waals surface area contributed by atoms with Crippen LogP contribution in [0.5, 0.6) is 5.75 Å². The smallest absolute Gasteiger partial charge is 0.345 e. The molecule has 26 heavy (non-hydrogen) atoms. The maximum absolute atomic E-state index is 12.1. The fourth-order valence-corrected chi connectivity index (χ4v) is 2.66. The average molecular weight is 366 g/mol. The Morgan fingerprint density at radius 3 is 2.46 bits per heavy atom. The van der Waals surface area contributed by atoms with Gasteiger partial charge in [0, 0.05) is 14.1 Å². The third-order valence-corrected chi connectivity index (χ3v) is 4.04. The second kappa shape index (κ2) is 10.6. The molecule has 0 aliphatic heterocycles. The van der Waals surface area contributed by atoms with Gasteiger partial charge in [-0.1, -0.05) is 26.2 Å². The van der Waals surface area contributed by atoms with Gasteiger partial charge < -0.3 is 14.4 Å². The summed E-state index contributed by atoms with van der Waals surface area (Å²) in [4.78, 5) is 24.7. The summed E-state index contributed by atoms with van der Waals surface area (Å²) >= 11 is 0. The lowest BCUT2D eigenvalue weighted by atomic mass is 10.1. The first kappa shape index (κ1) is 21.7. The summed E-state index contributed by atoms with van der Waals surface area (Å²) in [6.07, 6.45) is 5.36. The van der Waals surface area contributed by atoms with Crippen molar-refractivity contribution in [2.75, 3.05) is 25.6 Å². The molecule has 1 rings (SSSR count). The highest BCUT2D eigenvalue weighted by atomic mass is 16.6. The van der Waals surface area contributed by atoms with E-state index < -0.39 is 10.9 Å². The normalized spacial score (nSPS) is 11.7. The summed E-state index contributed by atoms with van der Waals surface area (Å²) in [5, 5.41) is 11.4. The predicted molar refractivity (Wildman–Crippen MR) is 102 cm³/mol. The van der Waals surface area contributed by atoms with Crippen molar-refractivity contribution in [3.63, 3.8) is 0 Å². The molecule has 7 nitrogen and oxygen atoms in total. The Labute approximate surface area is 155 Å². The van der Waals surface area contributed by atoms with E-state index in [-0.39, 0.29) is 24.0 Å². The molecule has 0 amide bonds. The number of nitro groups is 1. The number of hydrogen-bond donors (Lipinski definition) is 0. The third-order valence-electron chi connectivity index (χ3n) is 4.04. The summed E-state index contributed by atoms with van der Waals surface area (Å²) < 4.78 is 10.9. The van der Waals surface area contributed by atoms with Crippen molar-refractivity contribution in [2.24, 2.45) is 0 Å². The Hall–Kier alpha value is -2.31. The van der Waals surface area contributed by atoms with Crippen LogP contribution in [0.3, 0.4) is 0 Å². The van der Waals surface area contributed by atoms with Crippen LogP contribution in [0.25, 0.3) is 0 Å². The minimum Gasteiger partial charge on any atom is -0.488 e. The molecule has 0 bridgehead atoms. The van der Waals surface area contributed by atoms with Gasteiger partial charge in [-0.15, -0.1) is 0 Å². The molecule has 0 aromatic heterocycles. The van der Waals surface area contributed by atoms with Crippen molar-refractivity contribution < 1.29 is 19.2 Å². The molecule has 0 saturated heterocycles. The Balaban J connectivity index is 3.11. The van der Waals surface area contributed by atoms with Crippen LogP contribution >= 0.6 is 0 Å². The van der Waals surface area contributed by atoms with Gasteiger partial charge in [0.1, 0.15) is 11.3 Å². The van der Waals surface area contributed by atoms with Gasteiger partial charge in [0.15, 0.2) is 0 Å². The van der Waals surface area contributed by atoms with Gasteiger partial charge in [-0.2, -0.15) is 0 Å². The molecule has 0 fully saturated rings. The highest BCUT2D eigenvalue weighted by Crippen LogP contribution is 2.36. The number of benzene rings is 1. The van der Waals surface area contributed by atoms with E-state index >= 15 is 0 Å². The number of carbonyl (C=O) groups excluding carboxylic acids is 1. The quantitative estimate of drug-likeness (QED) is 0.247. The lowest BCUT2D eigenvalue weighted by Gasteiger charge is -2.22. The lowest BCUT2D eigenvalue weighted by Crippen LogP contribution is -2.18. The molecule has 1 aromatic carbocycles. The second-order valence-electron chi connectivity index (χ2n) is 6.49. The number of anilines is 1. The van der Waals surface area contributed by atoms with Crippen molar-refractivity contribution in [3.8, 4) is 5.75 Å². The summed E-state index contributed by atoms with van der Waals surface area (Å²) in [6, 6.07) is 2.79. The molecule has 0 spiro atoms. The molecule has 7 heteroatoms. The maximum Gasteiger partial charge on any atom is 0.345 e. The first-order valence-corrected chi connectivity index (χ1v) is 9.15. The second-order valence-corrected chi connectivity index (χ2v) is 6.49. The first-order valence-electron chi connectivity index (χ1n) is 9.15. The maximum atomic E-state index is 12.1. The summed E-state index contributed by atoms with van der Waals surface area (Å²) in [5.41, 5.74) is 0.241. The number of hydrogen-bond acceptors (Lipinski definition) is 6. The molecule has 0 aliphatic rings. The number of unbranched alkanes of at least 4 members (excludes halogenated alkanes) is 3. The zero-order valence-electron chi connectivity index (χ0n) is 16.4. The largest absolute Gasteiger partial charge is 0.488 e. The van der Waals surface area contributed by atoms with Gasteiger partial charge >= 0.3 is 5.97 Å². The van der Waals surface area contributed by atoms with Crippen LogP contribution in [0.4, 0.5) is 11.4 Å². The standard InChI is InChI=1S/C19H30N2O5/c1-6-8-9-10-11-14(3)26-18-13-16(21(23)24)15(19(22)25-7-2)12-17(18)20(4)5/h12-14H,6-11H2,1-5H3. The van der Waals surface area contributed by atoms with Gasteiger partial charge in [0.2, 0.25) is 0 Å². The average Bonchev–Trinajstić information content (AvgIpc) is 2.58. The van der Waals surface area contributed by atoms with E-state index in [1.165, 1.54) is 25.0 Å². The number of esters is 1. The van der Waals surface area contributed by atoms with Crippen LogP contribution in [0, 0.1) is 10.1 Å². The van der Waals surface area contributed by atoms with E-state index in [0.29, 0.717) is 11.4 Å². The van der Waals surface area contributed by atoms with Crippen molar-refractivity contribution in [3.05, 3.63) is 27.8 Å². The van der Waals surface area contributed by atoms with Gasteiger partial charge in [-0.25, -0.2) is 4.79 Å². The zero-order valence-corrected chi connectivity index (χ0v) is 16.4. The summed E-state index contributed by atoms with van der Waals surface area (Å²) in [7, 11) is 3.60. The molecule has 0 saturated carbocycles. The summed E-state index contributed by atoms with van der Waals surface area (Å²) in [6.45, 7) is 5.93. The molecule has 0 radical (unpaired) electrons. The molecule has 0 heterocycles. The topological polar surface area (TPSA) is 81.9 Å². The van der Waals surface area contributed by atoms with Crippen LogP contribution in [0.2, 0.25) is 0 Å². The molecule has 0 N–H and O–H groups in total. The Kier molecular flexibility index (Phi) is 8.88. The number of ether oxygens (including phenoxy) is 2. The van der Waals surface area contributed by atoms with Crippen LogP contribution in [0.1, 0.15) is 63.2 Å². The van der Waals surface area contributed by atoms with Gasteiger partial charge in [-0.3, -0.25) is 10.1 Å². The fourth-order valence-electron chi connectivity index (χ4n) is 2.66. The van der Waals surface area contributed by atoms with Crippen molar-refractivity contribution in [1.82, 2.24) is 0 Å². The number of rotatable bonds is 11. The molecule has 1 unspecified atom stereocenters. The van der Waals surface area contributed by atoms with Gasteiger partial charge in [0.05, 0.1) is 29.4 Å². The van der Waals surface area contributed by atoms with E-state index in [1.807, 2.05) is 6.92 Å². The molecule has 1 atom stereocenters. The lowest BCUT2D eigenvalue weighted by molar-refractivity contribution is -0.385. The van der Waals surface area contributed by atoms with E-state index in [4.69, 9.17) is 9.47 Å². The van der Waals surface area contributed by atoms with E-state index in [0.717, 1.165) is 19.3 Å². The van der Waals surface area contributed by atoms with E-state index in [9.17, 15) is 14.9 Å². The Morgan fingerprint density at radius 1 is 1.23 bits per heavy atom. The van der Waals surface area contributed by atoms with Crippen molar-refractivity contribution in [2.45, 2.75) is 59.0 Å². The van der Waals surface area contributed by atoms with Crippen LogP contribution in [0.15, 0.2) is 12.1 Å². The monoisotopic (exact) mass is 366 g/mol. The highest BCUT2D eigenvalue weighted by molar-refractivity contribution is 5.96. The van der Waals surface area contributed by atoms with Crippen molar-refractivity contribution >= 4 is 17.3 Å². The van der Waals surface area contributed by atoms with Gasteiger partial charge in [-0.05, 0) is 32.8 Å². The van der Waals surface area contributed by atoms with E-state index in [1.54, 1.807) is 25.9 Å². The molecule has 0 aliphatic carbocycles. The molecule has 146 valence electrons. The summed E-state index contributed by atoms with van der Waals surface area (Å²) in [5.74, 6) is -0.306. The predicted octanol–water partition coefficient (Wildman–Crippen LogP) is 4.58. The SMILES string of the molecule is CCCCCCC(C)Oc1cc([N+](=O)[O-])c(C(=O)OCC)cc1N(C)C. The fraction of sp³-hybridized carbons (Fsp3) is 0.632. The highest BCUT2D eigenvalue weighted by Gasteiger charge is 2.26. The van der Waals surface area contributed by atoms with Crippen LogP contribution < -0.4 is 9.64 Å². The minimum absolute atomic E-state index is 0.0662. The minimum atomic E-state index is -0.707.